The second-order valence-corrected chi connectivity index (χ2v) is 5.34. The number of esters is 1. The van der Waals surface area contributed by atoms with Gasteiger partial charge in [0.15, 0.2) is 0 Å². The fraction of sp³-hybridized carbons (Fsp3) is 0.923. The number of hydrogen-bond donors (Lipinski definition) is 0. The number of methoxy groups -OCH3 is 1. The van der Waals surface area contributed by atoms with Crippen LogP contribution in [0.3, 0.4) is 0 Å². The van der Waals surface area contributed by atoms with Crippen LogP contribution >= 0.6 is 0 Å². The first-order valence-corrected chi connectivity index (χ1v) is 6.04. The van der Waals surface area contributed by atoms with E-state index in [-0.39, 0.29) is 11.9 Å². The third-order valence-electron chi connectivity index (χ3n) is 4.37. The maximum Gasteiger partial charge on any atom is 0.308 e. The summed E-state index contributed by atoms with van der Waals surface area (Å²) in [6, 6.07) is 0. The molecule has 1 fully saturated rings. The fourth-order valence-electron chi connectivity index (χ4n) is 2.82. The summed E-state index contributed by atoms with van der Waals surface area (Å²) in [5, 5.41) is 0. The highest BCUT2D eigenvalue weighted by atomic mass is 16.5. The summed E-state index contributed by atoms with van der Waals surface area (Å²) in [6.45, 7) is 8.76. The van der Waals surface area contributed by atoms with Gasteiger partial charge in [-0.3, -0.25) is 4.79 Å². The van der Waals surface area contributed by atoms with Crippen molar-refractivity contribution in [2.75, 3.05) is 7.11 Å². The lowest BCUT2D eigenvalue weighted by Crippen LogP contribution is -2.30. The van der Waals surface area contributed by atoms with Crippen molar-refractivity contribution >= 4 is 5.97 Å². The summed E-state index contributed by atoms with van der Waals surface area (Å²) in [5.74, 6) is 1.05. The molecule has 0 radical (unpaired) electrons. The van der Waals surface area contributed by atoms with Crippen molar-refractivity contribution in [3.8, 4) is 0 Å². The zero-order valence-corrected chi connectivity index (χ0v) is 10.7. The minimum atomic E-state index is -0.0646. The number of carbonyl (C=O) groups is 1. The van der Waals surface area contributed by atoms with E-state index in [4.69, 9.17) is 4.74 Å². The molecule has 0 saturated heterocycles. The summed E-state index contributed by atoms with van der Waals surface area (Å²) >= 11 is 0. The first-order valence-electron chi connectivity index (χ1n) is 6.04. The van der Waals surface area contributed by atoms with E-state index in [2.05, 4.69) is 20.8 Å². The molecule has 0 aliphatic heterocycles. The molecule has 88 valence electrons. The summed E-state index contributed by atoms with van der Waals surface area (Å²) in [7, 11) is 1.48. The van der Waals surface area contributed by atoms with E-state index in [9.17, 15) is 4.79 Å². The Labute approximate surface area is 93.4 Å². The molecule has 1 rings (SSSR count). The Morgan fingerprint density at radius 2 is 1.93 bits per heavy atom. The van der Waals surface area contributed by atoms with Crippen molar-refractivity contribution in [3.63, 3.8) is 0 Å². The third-order valence-corrected chi connectivity index (χ3v) is 4.37. The second kappa shape index (κ2) is 4.54. The van der Waals surface area contributed by atoms with E-state index in [1.54, 1.807) is 0 Å². The molecule has 1 aliphatic carbocycles. The number of carbonyl (C=O) groups excluding carboxylic acids is 1. The SMILES string of the molecule is CCC(C(C)C(C)C(=O)OC)C1(C)CC1. The van der Waals surface area contributed by atoms with Crippen molar-refractivity contribution < 1.29 is 9.53 Å². The van der Waals surface area contributed by atoms with Crippen molar-refractivity contribution in [3.05, 3.63) is 0 Å². The van der Waals surface area contributed by atoms with Crippen LogP contribution in [0, 0.1) is 23.2 Å². The third kappa shape index (κ3) is 2.53. The monoisotopic (exact) mass is 212 g/mol. The molecule has 3 unspecified atom stereocenters. The van der Waals surface area contributed by atoms with Crippen LogP contribution in [0.2, 0.25) is 0 Å². The average Bonchev–Trinajstić information content (AvgIpc) is 2.95. The Morgan fingerprint density at radius 1 is 1.40 bits per heavy atom. The van der Waals surface area contributed by atoms with Gasteiger partial charge in [-0.15, -0.1) is 0 Å². The van der Waals surface area contributed by atoms with Gasteiger partial charge in [0.2, 0.25) is 0 Å². The molecule has 1 saturated carbocycles. The fourth-order valence-corrected chi connectivity index (χ4v) is 2.82. The van der Waals surface area contributed by atoms with Gasteiger partial charge in [-0.1, -0.05) is 34.1 Å². The van der Waals surface area contributed by atoms with Gasteiger partial charge in [0.1, 0.15) is 0 Å². The molecular formula is C13H24O2. The van der Waals surface area contributed by atoms with E-state index in [0.29, 0.717) is 17.3 Å². The molecule has 0 heterocycles. The Bertz CT molecular complexity index is 231. The van der Waals surface area contributed by atoms with E-state index in [0.717, 1.165) is 0 Å². The lowest BCUT2D eigenvalue weighted by atomic mass is 9.74. The van der Waals surface area contributed by atoms with Gasteiger partial charge >= 0.3 is 5.97 Å². The molecule has 0 aromatic carbocycles. The highest BCUT2D eigenvalue weighted by molar-refractivity contribution is 5.72. The predicted molar refractivity (Wildman–Crippen MR) is 61.5 cm³/mol. The first-order chi connectivity index (χ1) is 6.96. The standard InChI is InChI=1S/C13H24O2/c1-6-11(13(4)7-8-13)9(2)10(3)12(14)15-5/h9-11H,6-8H2,1-5H3. The van der Waals surface area contributed by atoms with Crippen molar-refractivity contribution in [1.82, 2.24) is 0 Å². The molecule has 2 heteroatoms. The molecule has 0 N–H and O–H groups in total. The van der Waals surface area contributed by atoms with Crippen LogP contribution in [0.4, 0.5) is 0 Å². The molecule has 0 amide bonds. The number of hydrogen-bond acceptors (Lipinski definition) is 2. The van der Waals surface area contributed by atoms with Crippen LogP contribution in [0.1, 0.15) is 47.0 Å². The van der Waals surface area contributed by atoms with E-state index in [1.165, 1.54) is 26.4 Å². The Kier molecular flexibility index (Phi) is 3.80. The van der Waals surface area contributed by atoms with Crippen LogP contribution in [-0.4, -0.2) is 13.1 Å². The van der Waals surface area contributed by atoms with Gasteiger partial charge in [0.05, 0.1) is 13.0 Å². The molecule has 0 aromatic rings. The maximum absolute atomic E-state index is 11.5. The van der Waals surface area contributed by atoms with Crippen LogP contribution < -0.4 is 0 Å². The normalized spacial score (nSPS) is 24.1. The second-order valence-electron chi connectivity index (χ2n) is 5.34. The van der Waals surface area contributed by atoms with Gasteiger partial charge in [-0.05, 0) is 30.1 Å². The van der Waals surface area contributed by atoms with E-state index in [1.807, 2.05) is 6.92 Å². The topological polar surface area (TPSA) is 26.3 Å². The molecule has 0 bridgehead atoms. The number of ether oxygens (including phenoxy) is 1. The molecule has 0 aromatic heterocycles. The first kappa shape index (κ1) is 12.5. The highest BCUT2D eigenvalue weighted by Gasteiger charge is 2.47. The van der Waals surface area contributed by atoms with E-state index >= 15 is 0 Å². The summed E-state index contributed by atoms with van der Waals surface area (Å²) in [5.41, 5.74) is 0.496. The summed E-state index contributed by atoms with van der Waals surface area (Å²) < 4.78 is 4.82. The molecule has 3 atom stereocenters. The van der Waals surface area contributed by atoms with Crippen molar-refractivity contribution in [2.24, 2.45) is 23.2 Å². The lowest BCUT2D eigenvalue weighted by Gasteiger charge is -2.31. The summed E-state index contributed by atoms with van der Waals surface area (Å²) in [4.78, 5) is 11.5. The smallest absolute Gasteiger partial charge is 0.308 e. The molecular weight excluding hydrogens is 188 g/mol. The molecule has 15 heavy (non-hydrogen) atoms. The van der Waals surface area contributed by atoms with Crippen LogP contribution in [0.5, 0.6) is 0 Å². The van der Waals surface area contributed by atoms with Gasteiger partial charge in [0.25, 0.3) is 0 Å². The Hall–Kier alpha value is -0.530. The number of rotatable bonds is 5. The predicted octanol–water partition coefficient (Wildman–Crippen LogP) is 3.26. The average molecular weight is 212 g/mol. The Morgan fingerprint density at radius 3 is 2.27 bits per heavy atom. The highest BCUT2D eigenvalue weighted by Crippen LogP contribution is 2.56. The van der Waals surface area contributed by atoms with Crippen LogP contribution in [-0.2, 0) is 9.53 Å². The largest absolute Gasteiger partial charge is 0.469 e. The minimum absolute atomic E-state index is 0.0253. The maximum atomic E-state index is 11.5. The molecule has 2 nitrogen and oxygen atoms in total. The lowest BCUT2D eigenvalue weighted by molar-refractivity contribution is -0.147. The zero-order valence-electron chi connectivity index (χ0n) is 10.7. The van der Waals surface area contributed by atoms with Crippen molar-refractivity contribution in [1.29, 1.82) is 0 Å². The van der Waals surface area contributed by atoms with Crippen molar-refractivity contribution in [2.45, 2.75) is 47.0 Å². The summed E-state index contributed by atoms with van der Waals surface area (Å²) in [6.07, 6.45) is 3.81. The van der Waals surface area contributed by atoms with Gasteiger partial charge in [-0.2, -0.15) is 0 Å². The van der Waals surface area contributed by atoms with Gasteiger partial charge in [0, 0.05) is 0 Å². The quantitative estimate of drug-likeness (QED) is 0.654. The van der Waals surface area contributed by atoms with Gasteiger partial charge < -0.3 is 4.74 Å². The van der Waals surface area contributed by atoms with Gasteiger partial charge in [-0.25, -0.2) is 0 Å². The van der Waals surface area contributed by atoms with Crippen LogP contribution in [0.15, 0.2) is 0 Å². The molecule has 1 aliphatic rings. The van der Waals surface area contributed by atoms with Crippen LogP contribution in [0.25, 0.3) is 0 Å². The minimum Gasteiger partial charge on any atom is -0.469 e. The van der Waals surface area contributed by atoms with E-state index < -0.39 is 0 Å². The molecule has 0 spiro atoms. The Balaban J connectivity index is 2.64. The zero-order chi connectivity index (χ0) is 11.6.